The molecule has 1 aromatic heterocycles. The predicted molar refractivity (Wildman–Crippen MR) is 151 cm³/mol. The molecular weight excluding hydrogens is 494 g/mol. The maximum atomic E-state index is 13.7. The second-order valence-corrected chi connectivity index (χ2v) is 10.9. The summed E-state index contributed by atoms with van der Waals surface area (Å²) in [6, 6.07) is 11.7. The fourth-order valence-corrected chi connectivity index (χ4v) is 5.37. The molecule has 3 fully saturated rings. The first-order valence-corrected chi connectivity index (χ1v) is 14.2. The van der Waals surface area contributed by atoms with Gasteiger partial charge in [-0.1, -0.05) is 6.07 Å². The van der Waals surface area contributed by atoms with Crippen molar-refractivity contribution in [2.24, 2.45) is 0 Å². The molecule has 2 aromatic carbocycles. The summed E-state index contributed by atoms with van der Waals surface area (Å²) in [6.07, 6.45) is 6.88. The molecule has 1 unspecified atom stereocenters. The number of aryl methyl sites for hydroxylation is 1. The van der Waals surface area contributed by atoms with Crippen molar-refractivity contribution >= 4 is 22.5 Å². The van der Waals surface area contributed by atoms with Crippen molar-refractivity contribution in [1.29, 1.82) is 0 Å². The Morgan fingerprint density at radius 3 is 2.69 bits per heavy atom. The number of piperazine rings is 1. The summed E-state index contributed by atoms with van der Waals surface area (Å²) in [5.74, 6) is -0.101. The monoisotopic (exact) mass is 531 g/mol. The lowest BCUT2D eigenvalue weighted by atomic mass is 10.1. The van der Waals surface area contributed by atoms with E-state index in [1.807, 2.05) is 37.3 Å². The number of carbonyl (C=O) groups excluding carboxylic acids is 1. The number of rotatable bonds is 8. The minimum Gasteiger partial charge on any atom is -0.369 e. The number of nitrogens with zero attached hydrogens (tertiary/aromatic N) is 4. The van der Waals surface area contributed by atoms with Gasteiger partial charge >= 0.3 is 0 Å². The second kappa shape index (κ2) is 11.5. The molecule has 1 N–H and O–H groups in total. The van der Waals surface area contributed by atoms with E-state index in [1.54, 1.807) is 17.0 Å². The summed E-state index contributed by atoms with van der Waals surface area (Å²) in [4.78, 5) is 35.6. The Morgan fingerprint density at radius 2 is 1.92 bits per heavy atom. The first-order chi connectivity index (χ1) is 19.0. The van der Waals surface area contributed by atoms with E-state index in [2.05, 4.69) is 20.1 Å². The lowest BCUT2D eigenvalue weighted by Crippen LogP contribution is -2.47. The van der Waals surface area contributed by atoms with E-state index in [4.69, 9.17) is 9.47 Å². The van der Waals surface area contributed by atoms with E-state index in [9.17, 15) is 9.59 Å². The number of amides is 1. The van der Waals surface area contributed by atoms with E-state index in [0.29, 0.717) is 28.8 Å². The van der Waals surface area contributed by atoms with E-state index in [1.165, 1.54) is 6.42 Å². The number of anilines is 1. The first-order valence-electron chi connectivity index (χ1n) is 14.2. The van der Waals surface area contributed by atoms with Gasteiger partial charge in [0, 0.05) is 56.6 Å². The zero-order valence-electron chi connectivity index (χ0n) is 22.6. The van der Waals surface area contributed by atoms with Crippen molar-refractivity contribution in [2.45, 2.75) is 51.4 Å². The van der Waals surface area contributed by atoms with Gasteiger partial charge in [0.15, 0.2) is 6.29 Å². The van der Waals surface area contributed by atoms with Crippen LogP contribution in [0.15, 0.2) is 47.5 Å². The van der Waals surface area contributed by atoms with Crippen LogP contribution in [0, 0.1) is 6.92 Å². The van der Waals surface area contributed by atoms with Gasteiger partial charge in [-0.2, -0.15) is 0 Å². The quantitative estimate of drug-likeness (QED) is 0.477. The minimum atomic E-state index is -0.134. The highest BCUT2D eigenvalue weighted by molar-refractivity contribution is 5.95. The van der Waals surface area contributed by atoms with E-state index >= 15 is 0 Å². The summed E-state index contributed by atoms with van der Waals surface area (Å²) < 4.78 is 13.1. The standard InChI is InChI=1S/C30H37N5O4/c1-21-5-6-22(29(36)32-23-7-8-23)18-27(21)35-20-31-26-10-9-24(19-25(26)30(35)37)34-13-11-33(12-14-34)15-17-39-28-4-2-3-16-38-28/h5-6,9-10,18-20,23,28H,2-4,7-8,11-17H2,1H3,(H,32,36). The Kier molecular flexibility index (Phi) is 7.63. The molecule has 1 saturated carbocycles. The molecule has 3 aromatic rings. The molecule has 9 heteroatoms. The minimum absolute atomic E-state index is 0.0403. The summed E-state index contributed by atoms with van der Waals surface area (Å²) >= 11 is 0. The molecule has 9 nitrogen and oxygen atoms in total. The number of hydrogen-bond acceptors (Lipinski definition) is 7. The Hall–Kier alpha value is -3.27. The molecule has 39 heavy (non-hydrogen) atoms. The van der Waals surface area contributed by atoms with Crippen LogP contribution in [0.1, 0.15) is 48.0 Å². The third kappa shape index (κ3) is 6.00. The fraction of sp³-hybridized carbons (Fsp3) is 0.500. The summed E-state index contributed by atoms with van der Waals surface area (Å²) in [7, 11) is 0. The second-order valence-electron chi connectivity index (χ2n) is 10.9. The molecule has 1 amide bonds. The van der Waals surface area contributed by atoms with Crippen molar-refractivity contribution in [3.8, 4) is 5.69 Å². The van der Waals surface area contributed by atoms with E-state index in [-0.39, 0.29) is 23.8 Å². The molecule has 0 bridgehead atoms. The smallest absolute Gasteiger partial charge is 0.265 e. The number of nitrogens with one attached hydrogen (secondary N) is 1. The largest absolute Gasteiger partial charge is 0.369 e. The summed E-state index contributed by atoms with van der Waals surface area (Å²) in [6.45, 7) is 8.00. The highest BCUT2D eigenvalue weighted by Crippen LogP contribution is 2.23. The number of benzene rings is 2. The third-order valence-corrected chi connectivity index (χ3v) is 7.97. The Bertz CT molecular complexity index is 1390. The van der Waals surface area contributed by atoms with Gasteiger partial charge in [-0.05, 0) is 74.9 Å². The van der Waals surface area contributed by atoms with Crippen LogP contribution in [-0.2, 0) is 9.47 Å². The molecule has 3 aliphatic rings. The zero-order valence-corrected chi connectivity index (χ0v) is 22.6. The number of aromatic nitrogens is 2. The average Bonchev–Trinajstić information content (AvgIpc) is 3.79. The highest BCUT2D eigenvalue weighted by atomic mass is 16.7. The van der Waals surface area contributed by atoms with Gasteiger partial charge in [0.05, 0.1) is 23.2 Å². The van der Waals surface area contributed by atoms with Crippen LogP contribution in [0.5, 0.6) is 0 Å². The molecule has 0 spiro atoms. The van der Waals surface area contributed by atoms with Crippen LogP contribution in [0.25, 0.3) is 16.6 Å². The maximum absolute atomic E-state index is 13.7. The number of fused-ring (bicyclic) bond motifs is 1. The zero-order chi connectivity index (χ0) is 26.8. The molecule has 0 radical (unpaired) electrons. The van der Waals surface area contributed by atoms with E-state index < -0.39 is 0 Å². The molecule has 2 saturated heterocycles. The highest BCUT2D eigenvalue weighted by Gasteiger charge is 2.24. The fourth-order valence-electron chi connectivity index (χ4n) is 5.37. The SMILES string of the molecule is Cc1ccc(C(=O)NC2CC2)cc1-n1cnc2ccc(N3CCN(CCOC4CCCCO4)CC3)cc2c1=O. The lowest BCUT2D eigenvalue weighted by Gasteiger charge is -2.36. The van der Waals surface area contributed by atoms with Crippen LogP contribution in [0.2, 0.25) is 0 Å². The van der Waals surface area contributed by atoms with Gasteiger partial charge in [0.25, 0.3) is 11.5 Å². The number of ether oxygens (including phenoxy) is 2. The van der Waals surface area contributed by atoms with Crippen LogP contribution in [0.4, 0.5) is 5.69 Å². The van der Waals surface area contributed by atoms with E-state index in [0.717, 1.165) is 76.3 Å². The van der Waals surface area contributed by atoms with Crippen molar-refractivity contribution in [1.82, 2.24) is 19.8 Å². The van der Waals surface area contributed by atoms with Gasteiger partial charge < -0.3 is 19.7 Å². The van der Waals surface area contributed by atoms with Crippen molar-refractivity contribution in [3.05, 3.63) is 64.2 Å². The lowest BCUT2D eigenvalue weighted by molar-refractivity contribution is -0.164. The topological polar surface area (TPSA) is 88.9 Å². The van der Waals surface area contributed by atoms with Gasteiger partial charge in [-0.3, -0.25) is 19.1 Å². The van der Waals surface area contributed by atoms with Gasteiger partial charge in [-0.25, -0.2) is 4.98 Å². The van der Waals surface area contributed by atoms with Gasteiger partial charge in [0.1, 0.15) is 6.33 Å². The maximum Gasteiger partial charge on any atom is 0.265 e. The first kappa shape index (κ1) is 26.0. The third-order valence-electron chi connectivity index (χ3n) is 7.97. The Morgan fingerprint density at radius 1 is 1.08 bits per heavy atom. The normalized spacial score (nSPS) is 20.3. The van der Waals surface area contributed by atoms with Crippen molar-refractivity contribution < 1.29 is 14.3 Å². The van der Waals surface area contributed by atoms with Crippen LogP contribution < -0.4 is 15.8 Å². The number of hydrogen-bond donors (Lipinski definition) is 1. The molecule has 3 heterocycles. The van der Waals surface area contributed by atoms with Gasteiger partial charge in [0.2, 0.25) is 0 Å². The molecule has 2 aliphatic heterocycles. The Balaban J connectivity index is 1.14. The van der Waals surface area contributed by atoms with Crippen LogP contribution in [-0.4, -0.2) is 78.6 Å². The summed E-state index contributed by atoms with van der Waals surface area (Å²) in [5.41, 5.74) is 3.70. The predicted octanol–water partition coefficient (Wildman–Crippen LogP) is 3.25. The van der Waals surface area contributed by atoms with Crippen molar-refractivity contribution in [3.63, 3.8) is 0 Å². The molecule has 6 rings (SSSR count). The molecule has 1 aliphatic carbocycles. The molecule has 1 atom stereocenters. The van der Waals surface area contributed by atoms with Crippen LogP contribution >= 0.6 is 0 Å². The van der Waals surface area contributed by atoms with Crippen molar-refractivity contribution in [2.75, 3.05) is 50.8 Å². The Labute approximate surface area is 228 Å². The molecular formula is C30H37N5O4. The number of carbonyl (C=O) groups is 1. The van der Waals surface area contributed by atoms with Gasteiger partial charge in [-0.15, -0.1) is 0 Å². The summed E-state index contributed by atoms with van der Waals surface area (Å²) in [5, 5.41) is 3.60. The molecule has 206 valence electrons. The van der Waals surface area contributed by atoms with Crippen LogP contribution in [0.3, 0.4) is 0 Å². The average molecular weight is 532 g/mol.